The molecule has 2 aromatic carbocycles. The number of aliphatic hydroxyl groups is 1. The van der Waals surface area contributed by atoms with Gasteiger partial charge in [0.25, 0.3) is 0 Å². The van der Waals surface area contributed by atoms with E-state index in [9.17, 15) is 14.7 Å². The molecule has 4 aliphatic rings. The first-order valence-electron chi connectivity index (χ1n) is 14.4. The molecule has 1 N–H and O–H groups in total. The fraction of sp³-hybridized carbons (Fsp3) is 0.441. The van der Waals surface area contributed by atoms with Gasteiger partial charge in [0.2, 0.25) is 0 Å². The molecule has 5 atom stereocenters. The van der Waals surface area contributed by atoms with Gasteiger partial charge in [0, 0.05) is 24.9 Å². The molecule has 0 unspecified atom stereocenters. The number of fused-ring (bicyclic) bond motifs is 4. The summed E-state index contributed by atoms with van der Waals surface area (Å²) in [6.45, 7) is 2.62. The maximum absolute atomic E-state index is 12.3. The van der Waals surface area contributed by atoms with Crippen LogP contribution in [0.25, 0.3) is 0 Å². The predicted octanol–water partition coefficient (Wildman–Crippen LogP) is 6.15. The molecule has 2 aromatic rings. The molecule has 4 aliphatic carbocycles. The molecule has 0 heterocycles. The highest BCUT2D eigenvalue weighted by molar-refractivity contribution is 5.93. The van der Waals surface area contributed by atoms with Crippen molar-refractivity contribution >= 4 is 18.0 Å². The lowest BCUT2D eigenvalue weighted by Crippen LogP contribution is -2.53. The molecule has 40 heavy (non-hydrogen) atoms. The Labute approximate surface area is 235 Å². The maximum atomic E-state index is 12.3. The number of hydrogen-bond acceptors (Lipinski definition) is 6. The molecule has 0 spiro atoms. The molecular formula is C34H37NO5. The minimum absolute atomic E-state index is 0.154. The number of rotatable bonds is 6. The van der Waals surface area contributed by atoms with Gasteiger partial charge < -0.3 is 14.7 Å². The fourth-order valence-corrected chi connectivity index (χ4v) is 8.11. The van der Waals surface area contributed by atoms with Crippen molar-refractivity contribution in [3.8, 4) is 0 Å². The average molecular weight is 540 g/mol. The number of methoxy groups -OCH3 is 1. The van der Waals surface area contributed by atoms with Gasteiger partial charge >= 0.3 is 5.97 Å². The zero-order valence-corrected chi connectivity index (χ0v) is 23.3. The summed E-state index contributed by atoms with van der Waals surface area (Å²) >= 11 is 0. The molecule has 208 valence electrons. The van der Waals surface area contributed by atoms with Crippen molar-refractivity contribution in [1.29, 1.82) is 0 Å². The summed E-state index contributed by atoms with van der Waals surface area (Å²) < 4.78 is 5.56. The van der Waals surface area contributed by atoms with Crippen molar-refractivity contribution < 1.29 is 24.3 Å². The summed E-state index contributed by atoms with van der Waals surface area (Å²) in [4.78, 5) is 29.5. The number of nitrogens with zero attached hydrogens (tertiary/aromatic N) is 1. The van der Waals surface area contributed by atoms with Crippen LogP contribution in [0.2, 0.25) is 0 Å². The number of hydrogen-bond donors (Lipinski definition) is 1. The summed E-state index contributed by atoms with van der Waals surface area (Å²) in [5.74, 6) is 0.693. The van der Waals surface area contributed by atoms with Crippen molar-refractivity contribution in [2.45, 2.75) is 63.4 Å². The summed E-state index contributed by atoms with van der Waals surface area (Å²) in [5, 5.41) is 15.8. The van der Waals surface area contributed by atoms with Crippen LogP contribution >= 0.6 is 0 Å². The van der Waals surface area contributed by atoms with E-state index in [-0.39, 0.29) is 17.1 Å². The standard InChI is InChI=1S/C34H37NO5/c1-33-19-29(23-10-8-22(9-11-23)20-35-40-32(37)24-6-4-3-5-7-24)31-27-15-13-26(36)18-25(27)12-14-28(31)30(33)16-17-34(33,38)21-39-2/h3-11,18,20,28-30,38H,12-17,19,21H2,1-2H3/t28-,29+,30-,33-,34+/m0/s1. The molecule has 6 nitrogen and oxygen atoms in total. The van der Waals surface area contributed by atoms with E-state index in [1.54, 1.807) is 37.6 Å². The van der Waals surface area contributed by atoms with Gasteiger partial charge in [0.05, 0.1) is 24.0 Å². The van der Waals surface area contributed by atoms with Crippen LogP contribution in [0.1, 0.15) is 79.3 Å². The predicted molar refractivity (Wildman–Crippen MR) is 153 cm³/mol. The van der Waals surface area contributed by atoms with Gasteiger partial charge in [-0.15, -0.1) is 0 Å². The first-order chi connectivity index (χ1) is 19.3. The van der Waals surface area contributed by atoms with Crippen LogP contribution in [-0.4, -0.2) is 42.4 Å². The minimum Gasteiger partial charge on any atom is -0.387 e. The average Bonchev–Trinajstić information content (AvgIpc) is 3.23. The van der Waals surface area contributed by atoms with E-state index in [1.165, 1.54) is 22.3 Å². The van der Waals surface area contributed by atoms with Gasteiger partial charge in [-0.2, -0.15) is 0 Å². The third-order valence-electron chi connectivity index (χ3n) is 10.1. The molecule has 6 heteroatoms. The van der Waals surface area contributed by atoms with Crippen LogP contribution < -0.4 is 0 Å². The van der Waals surface area contributed by atoms with E-state index in [1.807, 2.05) is 24.3 Å². The van der Waals surface area contributed by atoms with Crippen LogP contribution in [0, 0.1) is 17.3 Å². The summed E-state index contributed by atoms with van der Waals surface area (Å²) in [7, 11) is 1.68. The van der Waals surface area contributed by atoms with Gasteiger partial charge in [-0.05, 0) is 90.8 Å². The highest BCUT2D eigenvalue weighted by Crippen LogP contribution is 2.66. The first-order valence-corrected chi connectivity index (χ1v) is 14.4. The van der Waals surface area contributed by atoms with E-state index >= 15 is 0 Å². The summed E-state index contributed by atoms with van der Waals surface area (Å²) in [5.41, 5.74) is 5.49. The van der Waals surface area contributed by atoms with E-state index < -0.39 is 11.6 Å². The monoisotopic (exact) mass is 539 g/mol. The van der Waals surface area contributed by atoms with Gasteiger partial charge in [-0.25, -0.2) is 4.79 Å². The molecule has 6 rings (SSSR count). The number of ketones is 1. The Morgan fingerprint density at radius 3 is 2.60 bits per heavy atom. The van der Waals surface area contributed by atoms with Crippen molar-refractivity contribution in [1.82, 2.24) is 0 Å². The van der Waals surface area contributed by atoms with E-state index in [0.717, 1.165) is 44.1 Å². The highest BCUT2D eigenvalue weighted by atomic mass is 16.7. The third-order valence-corrected chi connectivity index (χ3v) is 10.1. The van der Waals surface area contributed by atoms with Gasteiger partial charge in [0.15, 0.2) is 5.78 Å². The Kier molecular flexibility index (Phi) is 7.09. The Morgan fingerprint density at radius 2 is 1.85 bits per heavy atom. The lowest BCUT2D eigenvalue weighted by molar-refractivity contribution is -0.128. The smallest absolute Gasteiger partial charge is 0.365 e. The van der Waals surface area contributed by atoms with E-state index in [0.29, 0.717) is 30.4 Å². The SMILES string of the molecule is COC[C@]1(O)CC[C@H]2[C@@H]3CCC4=CC(=O)CCC4=C3[C@@H](c3ccc(C=NOC(=O)c4ccccc4)cc3)C[C@@]21C. The van der Waals surface area contributed by atoms with Crippen LogP contribution in [0.4, 0.5) is 0 Å². The molecule has 2 fully saturated rings. The molecule has 0 aliphatic heterocycles. The zero-order chi connectivity index (χ0) is 27.9. The van der Waals surface area contributed by atoms with Gasteiger partial charge in [-0.3, -0.25) is 4.79 Å². The second-order valence-electron chi connectivity index (χ2n) is 12.1. The molecule has 0 saturated heterocycles. The third kappa shape index (κ3) is 4.57. The lowest BCUT2D eigenvalue weighted by Gasteiger charge is -2.54. The zero-order valence-electron chi connectivity index (χ0n) is 23.3. The number of carbonyl (C=O) groups excluding carboxylic acids is 2. The van der Waals surface area contributed by atoms with E-state index in [4.69, 9.17) is 9.57 Å². The molecule has 0 radical (unpaired) electrons. The van der Waals surface area contributed by atoms with Crippen LogP contribution in [0.15, 0.2) is 82.5 Å². The second-order valence-corrected chi connectivity index (χ2v) is 12.1. The largest absolute Gasteiger partial charge is 0.387 e. The number of ether oxygens (including phenoxy) is 1. The van der Waals surface area contributed by atoms with Crippen molar-refractivity contribution in [2.75, 3.05) is 13.7 Å². The Balaban J connectivity index is 1.31. The second kappa shape index (κ2) is 10.6. The van der Waals surface area contributed by atoms with Crippen molar-refractivity contribution in [3.63, 3.8) is 0 Å². The van der Waals surface area contributed by atoms with E-state index in [2.05, 4.69) is 24.2 Å². The number of allylic oxidation sites excluding steroid dienone is 4. The highest BCUT2D eigenvalue weighted by Gasteiger charge is 2.62. The number of oxime groups is 1. The molecule has 2 saturated carbocycles. The molecule has 0 amide bonds. The Hall–Kier alpha value is -3.35. The number of benzene rings is 2. The normalized spacial score (nSPS) is 31.4. The molecular weight excluding hydrogens is 502 g/mol. The topological polar surface area (TPSA) is 85.2 Å². The maximum Gasteiger partial charge on any atom is 0.365 e. The van der Waals surface area contributed by atoms with Gasteiger partial charge in [-0.1, -0.05) is 60.1 Å². The van der Waals surface area contributed by atoms with Crippen molar-refractivity contribution in [2.24, 2.45) is 22.4 Å². The summed E-state index contributed by atoms with van der Waals surface area (Å²) in [6.07, 6.45) is 9.39. The Bertz CT molecular complexity index is 1390. The molecule has 0 bridgehead atoms. The Morgan fingerprint density at radius 1 is 1.07 bits per heavy atom. The van der Waals surface area contributed by atoms with Crippen molar-refractivity contribution in [3.05, 3.63) is 94.1 Å². The minimum atomic E-state index is -0.852. The van der Waals surface area contributed by atoms with Gasteiger partial charge in [0.1, 0.15) is 0 Å². The van der Waals surface area contributed by atoms with Crippen LogP contribution in [0.5, 0.6) is 0 Å². The van der Waals surface area contributed by atoms with Crippen LogP contribution in [-0.2, 0) is 14.4 Å². The molecule has 0 aromatic heterocycles. The fourth-order valence-electron chi connectivity index (χ4n) is 8.11. The number of carbonyl (C=O) groups is 2. The lowest BCUT2D eigenvalue weighted by atomic mass is 9.51. The summed E-state index contributed by atoms with van der Waals surface area (Å²) in [6, 6.07) is 17.1. The van der Waals surface area contributed by atoms with Crippen LogP contribution in [0.3, 0.4) is 0 Å². The quantitative estimate of drug-likeness (QED) is 0.270. The first kappa shape index (κ1) is 26.9.